The van der Waals surface area contributed by atoms with Crippen molar-refractivity contribution in [1.82, 2.24) is 5.32 Å². The normalized spacial score (nSPS) is 24.0. The van der Waals surface area contributed by atoms with Crippen LogP contribution in [0.15, 0.2) is 18.2 Å². The van der Waals surface area contributed by atoms with Crippen molar-refractivity contribution in [1.29, 1.82) is 0 Å². The van der Waals surface area contributed by atoms with E-state index in [0.717, 1.165) is 49.5 Å². The van der Waals surface area contributed by atoms with E-state index < -0.39 is 0 Å². The van der Waals surface area contributed by atoms with E-state index in [9.17, 15) is 4.79 Å². The van der Waals surface area contributed by atoms with Crippen molar-refractivity contribution in [2.45, 2.75) is 25.3 Å². The second kappa shape index (κ2) is 5.13. The smallest absolute Gasteiger partial charge is 0.223 e. The van der Waals surface area contributed by atoms with Gasteiger partial charge in [0.2, 0.25) is 5.91 Å². The van der Waals surface area contributed by atoms with Crippen LogP contribution in [0.5, 0.6) is 11.5 Å². The third kappa shape index (κ3) is 2.52. The first kappa shape index (κ1) is 12.8. The van der Waals surface area contributed by atoms with Crippen molar-refractivity contribution in [3.8, 4) is 11.5 Å². The van der Waals surface area contributed by atoms with E-state index in [1.165, 1.54) is 0 Å². The standard InChI is InChI=1S/C16H20N2O3/c19-16(11-4-5-11)17-12-6-7-18(10-12)13-2-1-3-14-15(13)21-9-8-20-14/h1-3,11-12H,4-10H2,(H,17,19). The number of amides is 1. The van der Waals surface area contributed by atoms with Crippen molar-refractivity contribution in [3.63, 3.8) is 0 Å². The maximum absolute atomic E-state index is 11.9. The van der Waals surface area contributed by atoms with E-state index in [1.807, 2.05) is 12.1 Å². The van der Waals surface area contributed by atoms with E-state index in [4.69, 9.17) is 9.47 Å². The Kier molecular flexibility index (Phi) is 3.13. The Balaban J connectivity index is 1.46. The first-order valence-corrected chi connectivity index (χ1v) is 7.75. The lowest BCUT2D eigenvalue weighted by Gasteiger charge is -2.26. The van der Waals surface area contributed by atoms with Crippen LogP contribution in [-0.4, -0.2) is 38.3 Å². The molecule has 1 amide bonds. The van der Waals surface area contributed by atoms with E-state index in [1.54, 1.807) is 0 Å². The first-order chi connectivity index (χ1) is 10.3. The molecule has 112 valence electrons. The van der Waals surface area contributed by atoms with Crippen LogP contribution in [0.2, 0.25) is 0 Å². The topological polar surface area (TPSA) is 50.8 Å². The molecular weight excluding hydrogens is 268 g/mol. The minimum Gasteiger partial charge on any atom is -0.486 e. The summed E-state index contributed by atoms with van der Waals surface area (Å²) in [4.78, 5) is 14.1. The number of hydrogen-bond acceptors (Lipinski definition) is 4. The van der Waals surface area contributed by atoms with E-state index >= 15 is 0 Å². The van der Waals surface area contributed by atoms with Gasteiger partial charge in [-0.25, -0.2) is 0 Å². The lowest BCUT2D eigenvalue weighted by Crippen LogP contribution is -2.38. The third-order valence-electron chi connectivity index (χ3n) is 4.37. The average Bonchev–Trinajstić information content (AvgIpc) is 3.27. The molecule has 1 unspecified atom stereocenters. The maximum Gasteiger partial charge on any atom is 0.223 e. The molecule has 5 heteroatoms. The van der Waals surface area contributed by atoms with Crippen LogP contribution in [-0.2, 0) is 4.79 Å². The molecule has 1 aromatic rings. The fourth-order valence-corrected chi connectivity index (χ4v) is 3.07. The lowest BCUT2D eigenvalue weighted by molar-refractivity contribution is -0.122. The Morgan fingerprint density at radius 1 is 1.19 bits per heavy atom. The molecule has 0 spiro atoms. The Hall–Kier alpha value is -1.91. The van der Waals surface area contributed by atoms with Crippen molar-refractivity contribution < 1.29 is 14.3 Å². The second-order valence-corrected chi connectivity index (χ2v) is 6.02. The van der Waals surface area contributed by atoms with Crippen LogP contribution in [0, 0.1) is 5.92 Å². The van der Waals surface area contributed by atoms with Gasteiger partial charge in [-0.05, 0) is 31.4 Å². The SMILES string of the molecule is O=C(NC1CCN(c2cccc3c2OCCO3)C1)C1CC1. The molecule has 0 radical (unpaired) electrons. The Morgan fingerprint density at radius 3 is 2.90 bits per heavy atom. The predicted octanol–water partition coefficient (Wildman–Crippen LogP) is 1.56. The zero-order chi connectivity index (χ0) is 14.2. The van der Waals surface area contributed by atoms with Crippen LogP contribution < -0.4 is 19.7 Å². The molecule has 3 aliphatic rings. The zero-order valence-electron chi connectivity index (χ0n) is 12.0. The monoisotopic (exact) mass is 288 g/mol. The highest BCUT2D eigenvalue weighted by atomic mass is 16.6. The van der Waals surface area contributed by atoms with Gasteiger partial charge in [-0.15, -0.1) is 0 Å². The van der Waals surface area contributed by atoms with Gasteiger partial charge in [0, 0.05) is 25.0 Å². The molecule has 1 N–H and O–H groups in total. The summed E-state index contributed by atoms with van der Waals surface area (Å²) < 4.78 is 11.4. The number of fused-ring (bicyclic) bond motifs is 1. The van der Waals surface area contributed by atoms with Crippen LogP contribution >= 0.6 is 0 Å². The fourth-order valence-electron chi connectivity index (χ4n) is 3.07. The molecule has 0 bridgehead atoms. The van der Waals surface area contributed by atoms with Gasteiger partial charge in [0.05, 0.1) is 5.69 Å². The molecule has 1 aliphatic carbocycles. The molecule has 4 rings (SSSR count). The minimum atomic E-state index is 0.233. The quantitative estimate of drug-likeness (QED) is 0.917. The molecule has 1 atom stereocenters. The summed E-state index contributed by atoms with van der Waals surface area (Å²) in [5.74, 6) is 2.18. The average molecular weight is 288 g/mol. The number of nitrogens with zero attached hydrogens (tertiary/aromatic N) is 1. The summed E-state index contributed by atoms with van der Waals surface area (Å²) >= 11 is 0. The van der Waals surface area contributed by atoms with Crippen molar-refractivity contribution in [3.05, 3.63) is 18.2 Å². The number of hydrogen-bond donors (Lipinski definition) is 1. The molecule has 1 aromatic carbocycles. The summed E-state index contributed by atoms with van der Waals surface area (Å²) in [6.07, 6.45) is 3.10. The Bertz CT molecular complexity index is 556. The first-order valence-electron chi connectivity index (χ1n) is 7.75. The predicted molar refractivity (Wildman–Crippen MR) is 78.9 cm³/mol. The summed E-state index contributed by atoms with van der Waals surface area (Å²) in [5, 5.41) is 3.17. The molecule has 21 heavy (non-hydrogen) atoms. The number of rotatable bonds is 3. The van der Waals surface area contributed by atoms with Gasteiger partial charge < -0.3 is 19.7 Å². The molecule has 2 fully saturated rings. The van der Waals surface area contributed by atoms with Crippen molar-refractivity contribution in [2.24, 2.45) is 5.92 Å². The van der Waals surface area contributed by atoms with Crippen LogP contribution in [0.3, 0.4) is 0 Å². The Morgan fingerprint density at radius 2 is 2.05 bits per heavy atom. The molecule has 0 aromatic heterocycles. The van der Waals surface area contributed by atoms with Gasteiger partial charge in [0.25, 0.3) is 0 Å². The second-order valence-electron chi connectivity index (χ2n) is 6.02. The summed E-state index contributed by atoms with van der Waals surface area (Å²) in [6.45, 7) is 2.99. The summed E-state index contributed by atoms with van der Waals surface area (Å²) in [6, 6.07) is 6.26. The number of benzene rings is 1. The molecule has 2 aliphatic heterocycles. The van der Waals surface area contributed by atoms with Crippen molar-refractivity contribution >= 4 is 11.6 Å². The largest absolute Gasteiger partial charge is 0.486 e. The summed E-state index contributed by atoms with van der Waals surface area (Å²) in [7, 11) is 0. The highest BCUT2D eigenvalue weighted by Crippen LogP contribution is 2.40. The highest BCUT2D eigenvalue weighted by molar-refractivity contribution is 5.81. The number of anilines is 1. The maximum atomic E-state index is 11.9. The van der Waals surface area contributed by atoms with Gasteiger partial charge >= 0.3 is 0 Å². The van der Waals surface area contributed by atoms with E-state index in [2.05, 4.69) is 16.3 Å². The van der Waals surface area contributed by atoms with Crippen molar-refractivity contribution in [2.75, 3.05) is 31.2 Å². The number of nitrogens with one attached hydrogen (secondary N) is 1. The van der Waals surface area contributed by atoms with Gasteiger partial charge in [-0.3, -0.25) is 4.79 Å². The van der Waals surface area contributed by atoms with Gasteiger partial charge in [0.1, 0.15) is 13.2 Å². The number of carbonyl (C=O) groups is 1. The number of para-hydroxylation sites is 1. The number of carbonyl (C=O) groups excluding carboxylic acids is 1. The highest BCUT2D eigenvalue weighted by Gasteiger charge is 2.33. The van der Waals surface area contributed by atoms with Crippen LogP contribution in [0.4, 0.5) is 5.69 Å². The van der Waals surface area contributed by atoms with E-state index in [0.29, 0.717) is 13.2 Å². The summed E-state index contributed by atoms with van der Waals surface area (Å²) in [5.41, 5.74) is 1.08. The van der Waals surface area contributed by atoms with Gasteiger partial charge in [-0.1, -0.05) is 6.07 Å². The van der Waals surface area contributed by atoms with Gasteiger partial charge in [0.15, 0.2) is 11.5 Å². The minimum absolute atomic E-state index is 0.233. The van der Waals surface area contributed by atoms with Crippen LogP contribution in [0.1, 0.15) is 19.3 Å². The van der Waals surface area contributed by atoms with Gasteiger partial charge in [-0.2, -0.15) is 0 Å². The fraction of sp³-hybridized carbons (Fsp3) is 0.562. The van der Waals surface area contributed by atoms with E-state index in [-0.39, 0.29) is 17.9 Å². The van der Waals surface area contributed by atoms with Crippen LogP contribution in [0.25, 0.3) is 0 Å². The molecule has 5 nitrogen and oxygen atoms in total. The molecule has 1 saturated heterocycles. The molecule has 2 heterocycles. The molecular formula is C16H20N2O3. The Labute approximate surface area is 124 Å². The lowest BCUT2D eigenvalue weighted by atomic mass is 10.2. The molecule has 1 saturated carbocycles. The zero-order valence-corrected chi connectivity index (χ0v) is 12.0. The number of ether oxygens (including phenoxy) is 2. The third-order valence-corrected chi connectivity index (χ3v) is 4.37.